The molecule has 0 heterocycles. The first-order chi connectivity index (χ1) is 14.7. The topological polar surface area (TPSA) is 91.2 Å². The van der Waals surface area contributed by atoms with Crippen LogP contribution in [0.3, 0.4) is 0 Å². The molecule has 0 bridgehead atoms. The van der Waals surface area contributed by atoms with E-state index in [9.17, 15) is 28.2 Å². The molecule has 0 radical (unpaired) electrons. The standard InChI is InChI=1S/C22H17F3N2O4/c23-22(24,25)18-7-2-1-5-16(18)13-31-17-6-3-4-14(10-17)12-26-27-21(30)15-8-9-19(28)20(29)11-15/h1-12,28-29H,13H2,(H,27,30)/b26-12+. The van der Waals surface area contributed by atoms with Crippen molar-refractivity contribution in [2.75, 3.05) is 0 Å². The first-order valence-electron chi connectivity index (χ1n) is 8.97. The molecule has 1 amide bonds. The van der Waals surface area contributed by atoms with Gasteiger partial charge in [0.15, 0.2) is 11.5 Å². The van der Waals surface area contributed by atoms with Gasteiger partial charge in [-0.05, 0) is 42.0 Å². The number of benzene rings is 3. The van der Waals surface area contributed by atoms with Gasteiger partial charge in [0.05, 0.1) is 11.8 Å². The summed E-state index contributed by atoms with van der Waals surface area (Å²) in [5, 5.41) is 22.5. The lowest BCUT2D eigenvalue weighted by atomic mass is 10.1. The molecule has 0 aromatic heterocycles. The largest absolute Gasteiger partial charge is 0.504 e. The number of hydrogen-bond donors (Lipinski definition) is 3. The Labute approximate surface area is 175 Å². The average molecular weight is 430 g/mol. The SMILES string of the molecule is O=C(N/N=C/c1cccc(OCc2ccccc2C(F)(F)F)c1)c1ccc(O)c(O)c1. The molecule has 0 aliphatic rings. The lowest BCUT2D eigenvalue weighted by Crippen LogP contribution is -2.17. The first-order valence-corrected chi connectivity index (χ1v) is 8.97. The molecule has 0 unspecified atom stereocenters. The monoisotopic (exact) mass is 430 g/mol. The molecule has 0 saturated carbocycles. The maximum atomic E-state index is 13.1. The molecule has 9 heteroatoms. The quantitative estimate of drug-likeness (QED) is 0.306. The highest BCUT2D eigenvalue weighted by Crippen LogP contribution is 2.32. The highest BCUT2D eigenvalue weighted by Gasteiger charge is 2.32. The van der Waals surface area contributed by atoms with Crippen LogP contribution >= 0.6 is 0 Å². The molecule has 160 valence electrons. The summed E-state index contributed by atoms with van der Waals surface area (Å²) >= 11 is 0. The molecule has 3 aromatic carbocycles. The molecule has 0 fully saturated rings. The number of carbonyl (C=O) groups excluding carboxylic acids is 1. The van der Waals surface area contributed by atoms with Gasteiger partial charge in [-0.3, -0.25) is 4.79 Å². The highest BCUT2D eigenvalue weighted by atomic mass is 19.4. The summed E-state index contributed by atoms with van der Waals surface area (Å²) in [7, 11) is 0. The van der Waals surface area contributed by atoms with Crippen molar-refractivity contribution < 1.29 is 32.9 Å². The van der Waals surface area contributed by atoms with Gasteiger partial charge in [0, 0.05) is 11.1 Å². The number of amides is 1. The number of rotatable bonds is 6. The number of halogens is 3. The van der Waals surface area contributed by atoms with Crippen molar-refractivity contribution in [3.8, 4) is 17.2 Å². The van der Waals surface area contributed by atoms with Crippen LogP contribution in [-0.2, 0) is 12.8 Å². The van der Waals surface area contributed by atoms with E-state index in [0.29, 0.717) is 11.3 Å². The second-order valence-corrected chi connectivity index (χ2v) is 6.42. The van der Waals surface area contributed by atoms with Crippen LogP contribution in [0.4, 0.5) is 13.2 Å². The van der Waals surface area contributed by atoms with Crippen LogP contribution < -0.4 is 10.2 Å². The van der Waals surface area contributed by atoms with Gasteiger partial charge in [-0.2, -0.15) is 18.3 Å². The maximum absolute atomic E-state index is 13.1. The second kappa shape index (κ2) is 9.21. The molecule has 3 rings (SSSR count). The molecule has 0 spiro atoms. The average Bonchev–Trinajstić information content (AvgIpc) is 2.74. The van der Waals surface area contributed by atoms with Crippen LogP contribution in [0.25, 0.3) is 0 Å². The number of ether oxygens (including phenoxy) is 1. The van der Waals surface area contributed by atoms with Crippen LogP contribution in [-0.4, -0.2) is 22.3 Å². The lowest BCUT2D eigenvalue weighted by molar-refractivity contribution is -0.138. The zero-order valence-electron chi connectivity index (χ0n) is 15.9. The third kappa shape index (κ3) is 5.75. The van der Waals surface area contributed by atoms with Crippen molar-refractivity contribution in [1.29, 1.82) is 0 Å². The molecular formula is C22H17F3N2O4. The minimum atomic E-state index is -4.47. The van der Waals surface area contributed by atoms with Gasteiger partial charge in [-0.25, -0.2) is 5.43 Å². The first kappa shape index (κ1) is 21.7. The van der Waals surface area contributed by atoms with E-state index in [1.807, 2.05) is 0 Å². The van der Waals surface area contributed by atoms with E-state index in [1.165, 1.54) is 36.5 Å². The van der Waals surface area contributed by atoms with E-state index in [0.717, 1.165) is 12.1 Å². The Morgan fingerprint density at radius 1 is 1.00 bits per heavy atom. The fourth-order valence-corrected chi connectivity index (χ4v) is 2.66. The van der Waals surface area contributed by atoms with Gasteiger partial charge < -0.3 is 14.9 Å². The third-order valence-electron chi connectivity index (χ3n) is 4.19. The third-order valence-corrected chi connectivity index (χ3v) is 4.19. The summed E-state index contributed by atoms with van der Waals surface area (Å²) in [5.41, 5.74) is 2.15. The van der Waals surface area contributed by atoms with E-state index in [1.54, 1.807) is 24.3 Å². The Bertz CT molecular complexity index is 1110. The summed E-state index contributed by atoms with van der Waals surface area (Å²) in [4.78, 5) is 12.0. The minimum absolute atomic E-state index is 0.0125. The molecule has 0 saturated heterocycles. The number of nitrogens with zero attached hydrogens (tertiary/aromatic N) is 1. The van der Waals surface area contributed by atoms with E-state index in [-0.39, 0.29) is 23.5 Å². The molecule has 0 aliphatic carbocycles. The van der Waals surface area contributed by atoms with Gasteiger partial charge in [0.2, 0.25) is 0 Å². The van der Waals surface area contributed by atoms with Crippen LogP contribution in [0.5, 0.6) is 17.2 Å². The molecular weight excluding hydrogens is 413 g/mol. The number of phenolic OH excluding ortho intramolecular Hbond substituents is 2. The van der Waals surface area contributed by atoms with Gasteiger partial charge in [0.25, 0.3) is 5.91 Å². The normalized spacial score (nSPS) is 11.5. The van der Waals surface area contributed by atoms with Crippen molar-refractivity contribution in [2.45, 2.75) is 12.8 Å². The van der Waals surface area contributed by atoms with Gasteiger partial charge in [-0.15, -0.1) is 0 Å². The lowest BCUT2D eigenvalue weighted by Gasteiger charge is -2.13. The Morgan fingerprint density at radius 3 is 2.52 bits per heavy atom. The number of alkyl halides is 3. The predicted octanol–water partition coefficient (Wildman–Crippen LogP) is 4.46. The van der Waals surface area contributed by atoms with Gasteiger partial charge >= 0.3 is 6.18 Å². The summed E-state index contributed by atoms with van der Waals surface area (Å²) in [6, 6.07) is 15.2. The van der Waals surface area contributed by atoms with Gasteiger partial charge in [-0.1, -0.05) is 30.3 Å². The number of nitrogens with one attached hydrogen (secondary N) is 1. The number of hydrogen-bond acceptors (Lipinski definition) is 5. The Balaban J connectivity index is 1.63. The van der Waals surface area contributed by atoms with E-state index < -0.39 is 23.4 Å². The summed E-state index contributed by atoms with van der Waals surface area (Å²) in [5.74, 6) is -1.07. The molecule has 6 nitrogen and oxygen atoms in total. The summed E-state index contributed by atoms with van der Waals surface area (Å²) < 4.78 is 44.7. The van der Waals surface area contributed by atoms with E-state index in [2.05, 4.69) is 10.5 Å². The number of carbonyl (C=O) groups is 1. The van der Waals surface area contributed by atoms with Crippen molar-refractivity contribution in [3.63, 3.8) is 0 Å². The highest BCUT2D eigenvalue weighted by molar-refractivity contribution is 5.95. The fraction of sp³-hybridized carbons (Fsp3) is 0.0909. The van der Waals surface area contributed by atoms with Crippen LogP contribution in [0, 0.1) is 0 Å². The van der Waals surface area contributed by atoms with Crippen molar-refractivity contribution in [2.24, 2.45) is 5.10 Å². The van der Waals surface area contributed by atoms with Gasteiger partial charge in [0.1, 0.15) is 12.4 Å². The molecule has 31 heavy (non-hydrogen) atoms. The number of aromatic hydroxyl groups is 2. The molecule has 3 N–H and O–H groups in total. The minimum Gasteiger partial charge on any atom is -0.504 e. The van der Waals surface area contributed by atoms with Crippen LogP contribution in [0.15, 0.2) is 71.8 Å². The number of phenols is 2. The summed E-state index contributed by atoms with van der Waals surface area (Å²) in [6.45, 7) is -0.267. The molecule has 3 aromatic rings. The zero-order valence-corrected chi connectivity index (χ0v) is 15.9. The van der Waals surface area contributed by atoms with E-state index in [4.69, 9.17) is 4.74 Å². The fourth-order valence-electron chi connectivity index (χ4n) is 2.66. The summed E-state index contributed by atoms with van der Waals surface area (Å²) in [6.07, 6.45) is -3.14. The Kier molecular flexibility index (Phi) is 6.44. The predicted molar refractivity (Wildman–Crippen MR) is 107 cm³/mol. The van der Waals surface area contributed by atoms with Crippen molar-refractivity contribution >= 4 is 12.1 Å². The zero-order chi connectivity index (χ0) is 22.4. The molecule has 0 atom stereocenters. The molecule has 0 aliphatic heterocycles. The second-order valence-electron chi connectivity index (χ2n) is 6.42. The van der Waals surface area contributed by atoms with Crippen LogP contribution in [0.1, 0.15) is 27.0 Å². The maximum Gasteiger partial charge on any atom is 0.416 e. The Morgan fingerprint density at radius 2 is 1.77 bits per heavy atom. The Hall–Kier alpha value is -4.01. The van der Waals surface area contributed by atoms with Crippen molar-refractivity contribution in [3.05, 3.63) is 89.0 Å². The smallest absolute Gasteiger partial charge is 0.416 e. The van der Waals surface area contributed by atoms with E-state index >= 15 is 0 Å². The van der Waals surface area contributed by atoms with Crippen molar-refractivity contribution in [1.82, 2.24) is 5.43 Å². The number of hydrazone groups is 1. The van der Waals surface area contributed by atoms with Crippen LogP contribution in [0.2, 0.25) is 0 Å².